The standard InChI is InChI=1S/C9H9FN2O2S/c1-12(15(13,14)6-5-11)9-4-2-3-8(10)7-9/h2-4,7H,6H2,1H3. The third-order valence-corrected chi connectivity index (χ3v) is 3.38. The van der Waals surface area contributed by atoms with Crippen molar-refractivity contribution in [3.05, 3.63) is 30.1 Å². The second-order valence-electron chi connectivity index (χ2n) is 2.86. The van der Waals surface area contributed by atoms with E-state index in [9.17, 15) is 12.8 Å². The lowest BCUT2D eigenvalue weighted by atomic mass is 10.3. The molecular weight excluding hydrogens is 219 g/mol. The summed E-state index contributed by atoms with van der Waals surface area (Å²) >= 11 is 0. The Bertz CT molecular complexity index is 493. The van der Waals surface area contributed by atoms with Crippen molar-refractivity contribution < 1.29 is 12.8 Å². The monoisotopic (exact) mass is 228 g/mol. The van der Waals surface area contributed by atoms with E-state index in [1.54, 1.807) is 6.07 Å². The van der Waals surface area contributed by atoms with Crippen LogP contribution in [0.25, 0.3) is 0 Å². The maximum absolute atomic E-state index is 12.8. The van der Waals surface area contributed by atoms with E-state index < -0.39 is 21.6 Å². The van der Waals surface area contributed by atoms with Crippen LogP contribution in [-0.4, -0.2) is 21.2 Å². The molecule has 0 saturated heterocycles. The summed E-state index contributed by atoms with van der Waals surface area (Å²) in [5.74, 6) is -1.15. The molecule has 0 amide bonds. The molecule has 0 aliphatic rings. The minimum atomic E-state index is -3.67. The number of halogens is 1. The van der Waals surface area contributed by atoms with Crippen LogP contribution in [0, 0.1) is 17.1 Å². The largest absolute Gasteiger partial charge is 0.272 e. The van der Waals surface area contributed by atoms with Crippen LogP contribution in [0.5, 0.6) is 0 Å². The number of nitrogens with zero attached hydrogens (tertiary/aromatic N) is 2. The normalized spacial score (nSPS) is 10.7. The van der Waals surface area contributed by atoms with Gasteiger partial charge in [0.2, 0.25) is 10.0 Å². The van der Waals surface area contributed by atoms with Gasteiger partial charge in [0.1, 0.15) is 5.82 Å². The number of rotatable bonds is 3. The van der Waals surface area contributed by atoms with Gasteiger partial charge in [-0.25, -0.2) is 12.8 Å². The van der Waals surface area contributed by atoms with Gasteiger partial charge in [0, 0.05) is 7.05 Å². The molecule has 1 aromatic carbocycles. The Balaban J connectivity index is 3.06. The van der Waals surface area contributed by atoms with Gasteiger partial charge in [0.05, 0.1) is 11.8 Å². The summed E-state index contributed by atoms with van der Waals surface area (Å²) in [6, 6.07) is 6.72. The number of benzene rings is 1. The Morgan fingerprint density at radius 3 is 2.73 bits per heavy atom. The van der Waals surface area contributed by atoms with Crippen molar-refractivity contribution in [3.63, 3.8) is 0 Å². The molecule has 0 N–H and O–H groups in total. The topological polar surface area (TPSA) is 61.2 Å². The fraction of sp³-hybridized carbons (Fsp3) is 0.222. The van der Waals surface area contributed by atoms with Gasteiger partial charge in [0.25, 0.3) is 0 Å². The molecule has 0 fully saturated rings. The number of hydrogen-bond acceptors (Lipinski definition) is 3. The zero-order valence-corrected chi connectivity index (χ0v) is 8.83. The van der Waals surface area contributed by atoms with E-state index in [1.807, 2.05) is 0 Å². The van der Waals surface area contributed by atoms with E-state index in [0.717, 1.165) is 10.4 Å². The lowest BCUT2D eigenvalue weighted by Gasteiger charge is -2.17. The molecule has 80 valence electrons. The van der Waals surface area contributed by atoms with Gasteiger partial charge in [0.15, 0.2) is 5.75 Å². The van der Waals surface area contributed by atoms with Gasteiger partial charge in [-0.15, -0.1) is 0 Å². The SMILES string of the molecule is CN(c1cccc(F)c1)S(=O)(=O)CC#N. The molecule has 1 rings (SSSR count). The summed E-state index contributed by atoms with van der Waals surface area (Å²) in [6.07, 6.45) is 0. The second-order valence-corrected chi connectivity index (χ2v) is 4.86. The molecule has 0 saturated carbocycles. The summed E-state index contributed by atoms with van der Waals surface area (Å²) in [4.78, 5) is 0. The quantitative estimate of drug-likeness (QED) is 0.778. The maximum Gasteiger partial charge on any atom is 0.248 e. The zero-order valence-electron chi connectivity index (χ0n) is 8.01. The lowest BCUT2D eigenvalue weighted by Crippen LogP contribution is -2.28. The van der Waals surface area contributed by atoms with Crippen molar-refractivity contribution >= 4 is 15.7 Å². The Labute approximate surface area is 87.6 Å². The Kier molecular flexibility index (Phi) is 3.27. The minimum Gasteiger partial charge on any atom is -0.272 e. The molecule has 4 nitrogen and oxygen atoms in total. The lowest BCUT2D eigenvalue weighted by molar-refractivity contribution is 0.597. The third kappa shape index (κ3) is 2.67. The van der Waals surface area contributed by atoms with Crippen molar-refractivity contribution in [2.75, 3.05) is 17.1 Å². The third-order valence-electron chi connectivity index (χ3n) is 1.84. The highest BCUT2D eigenvalue weighted by Crippen LogP contribution is 2.16. The van der Waals surface area contributed by atoms with Crippen LogP contribution in [0.4, 0.5) is 10.1 Å². The number of hydrogen-bond donors (Lipinski definition) is 0. The molecule has 0 atom stereocenters. The van der Waals surface area contributed by atoms with Gasteiger partial charge < -0.3 is 0 Å². The first-order chi connectivity index (χ1) is 6.97. The van der Waals surface area contributed by atoms with Crippen LogP contribution in [0.15, 0.2) is 24.3 Å². The van der Waals surface area contributed by atoms with Crippen molar-refractivity contribution in [2.24, 2.45) is 0 Å². The van der Waals surface area contributed by atoms with Crippen LogP contribution in [0.1, 0.15) is 0 Å². The summed E-state index contributed by atoms with van der Waals surface area (Å²) < 4.78 is 36.5. The van der Waals surface area contributed by atoms with Crippen LogP contribution in [-0.2, 0) is 10.0 Å². The smallest absolute Gasteiger partial charge is 0.248 e. The summed E-state index contributed by atoms with van der Waals surface area (Å²) in [6.45, 7) is 0. The van der Waals surface area contributed by atoms with Crippen LogP contribution < -0.4 is 4.31 Å². The van der Waals surface area contributed by atoms with Crippen molar-refractivity contribution in [1.29, 1.82) is 5.26 Å². The van der Waals surface area contributed by atoms with E-state index in [2.05, 4.69) is 0 Å². The van der Waals surface area contributed by atoms with E-state index in [4.69, 9.17) is 5.26 Å². The number of nitriles is 1. The predicted molar refractivity (Wildman–Crippen MR) is 54.2 cm³/mol. The maximum atomic E-state index is 12.8. The average molecular weight is 228 g/mol. The van der Waals surface area contributed by atoms with E-state index in [0.29, 0.717) is 0 Å². The highest BCUT2D eigenvalue weighted by molar-refractivity contribution is 7.92. The van der Waals surface area contributed by atoms with Crippen LogP contribution >= 0.6 is 0 Å². The first-order valence-electron chi connectivity index (χ1n) is 4.06. The Morgan fingerprint density at radius 1 is 1.53 bits per heavy atom. The zero-order chi connectivity index (χ0) is 11.5. The first-order valence-corrected chi connectivity index (χ1v) is 5.67. The second kappa shape index (κ2) is 4.28. The fourth-order valence-electron chi connectivity index (χ4n) is 1.01. The predicted octanol–water partition coefficient (Wildman–Crippen LogP) is 1.12. The van der Waals surface area contributed by atoms with Crippen LogP contribution in [0.3, 0.4) is 0 Å². The molecule has 0 aromatic heterocycles. The van der Waals surface area contributed by atoms with Gasteiger partial charge in [-0.2, -0.15) is 5.26 Å². The number of sulfonamides is 1. The molecule has 15 heavy (non-hydrogen) atoms. The molecule has 0 heterocycles. The fourth-order valence-corrected chi connectivity index (χ4v) is 1.80. The molecular formula is C9H9FN2O2S. The van der Waals surface area contributed by atoms with E-state index >= 15 is 0 Å². The highest BCUT2D eigenvalue weighted by atomic mass is 32.2. The van der Waals surface area contributed by atoms with E-state index in [1.165, 1.54) is 25.2 Å². The molecule has 0 aliphatic carbocycles. The molecule has 0 spiro atoms. The van der Waals surface area contributed by atoms with Gasteiger partial charge in [-0.05, 0) is 18.2 Å². The van der Waals surface area contributed by atoms with E-state index in [-0.39, 0.29) is 5.69 Å². The molecule has 0 bridgehead atoms. The summed E-state index contributed by atoms with van der Waals surface area (Å²) in [5.41, 5.74) is 0.199. The van der Waals surface area contributed by atoms with Gasteiger partial charge in [-0.1, -0.05) is 6.07 Å². The molecule has 0 unspecified atom stereocenters. The molecule has 0 aliphatic heterocycles. The van der Waals surface area contributed by atoms with Crippen molar-refractivity contribution in [1.82, 2.24) is 0 Å². The van der Waals surface area contributed by atoms with Crippen LogP contribution in [0.2, 0.25) is 0 Å². The van der Waals surface area contributed by atoms with Gasteiger partial charge >= 0.3 is 0 Å². The highest BCUT2D eigenvalue weighted by Gasteiger charge is 2.17. The molecule has 1 aromatic rings. The first kappa shape index (κ1) is 11.5. The van der Waals surface area contributed by atoms with Crippen molar-refractivity contribution in [2.45, 2.75) is 0 Å². The average Bonchev–Trinajstić information content (AvgIpc) is 2.16. The Hall–Kier alpha value is -1.61. The van der Waals surface area contributed by atoms with Gasteiger partial charge in [-0.3, -0.25) is 4.31 Å². The van der Waals surface area contributed by atoms with Crippen molar-refractivity contribution in [3.8, 4) is 6.07 Å². The molecule has 6 heteroatoms. The number of anilines is 1. The summed E-state index contributed by atoms with van der Waals surface area (Å²) in [5, 5.41) is 8.32. The molecule has 0 radical (unpaired) electrons. The Morgan fingerprint density at radius 2 is 2.20 bits per heavy atom. The minimum absolute atomic E-state index is 0.199. The summed E-state index contributed by atoms with van der Waals surface area (Å²) in [7, 11) is -2.40.